The van der Waals surface area contributed by atoms with E-state index in [1.165, 1.54) is 0 Å². The second-order valence-electron chi connectivity index (χ2n) is 3.17. The van der Waals surface area contributed by atoms with Gasteiger partial charge < -0.3 is 5.73 Å². The Labute approximate surface area is 76.2 Å². The summed E-state index contributed by atoms with van der Waals surface area (Å²) in [6, 6.07) is 0. The highest BCUT2D eigenvalue weighted by Crippen LogP contribution is 2.22. The van der Waals surface area contributed by atoms with Gasteiger partial charge in [-0.25, -0.2) is 9.97 Å². The van der Waals surface area contributed by atoms with Gasteiger partial charge >= 0.3 is 0 Å². The van der Waals surface area contributed by atoms with Crippen LogP contribution >= 0.6 is 0 Å². The monoisotopic (exact) mass is 177 g/mol. The molecule has 0 bridgehead atoms. The van der Waals surface area contributed by atoms with Gasteiger partial charge in [0.05, 0.1) is 17.0 Å². The molecule has 0 aromatic carbocycles. The molecule has 0 unspecified atom stereocenters. The minimum absolute atomic E-state index is 0.135. The summed E-state index contributed by atoms with van der Waals surface area (Å²) in [7, 11) is 0. The molecule has 68 valence electrons. The largest absolute Gasteiger partial charge is 0.325 e. The summed E-state index contributed by atoms with van der Waals surface area (Å²) in [5.41, 5.74) is 7.76. The van der Waals surface area contributed by atoms with Gasteiger partial charge in [-0.2, -0.15) is 0 Å². The van der Waals surface area contributed by atoms with Gasteiger partial charge in [0.1, 0.15) is 5.82 Å². The lowest BCUT2D eigenvalue weighted by molar-refractivity contribution is 0.0993. The molecule has 0 amide bonds. The van der Waals surface area contributed by atoms with Crippen molar-refractivity contribution < 1.29 is 4.79 Å². The minimum atomic E-state index is 0.135. The molecule has 1 aliphatic carbocycles. The van der Waals surface area contributed by atoms with Crippen LogP contribution < -0.4 is 5.73 Å². The van der Waals surface area contributed by atoms with E-state index in [9.17, 15) is 4.79 Å². The molecule has 1 aliphatic rings. The number of aryl methyl sites for hydroxylation is 2. The first-order valence-corrected chi connectivity index (χ1v) is 4.32. The van der Waals surface area contributed by atoms with Crippen molar-refractivity contribution in [1.29, 1.82) is 0 Å². The highest BCUT2D eigenvalue weighted by molar-refractivity contribution is 6.00. The summed E-state index contributed by atoms with van der Waals surface area (Å²) < 4.78 is 0. The molecule has 1 heterocycles. The van der Waals surface area contributed by atoms with E-state index in [-0.39, 0.29) is 5.78 Å². The van der Waals surface area contributed by atoms with E-state index in [1.807, 2.05) is 6.92 Å². The lowest BCUT2D eigenvalue weighted by Gasteiger charge is -2.04. The van der Waals surface area contributed by atoms with Crippen LogP contribution in [-0.2, 0) is 13.0 Å². The van der Waals surface area contributed by atoms with Crippen LogP contribution in [-0.4, -0.2) is 15.8 Å². The zero-order chi connectivity index (χ0) is 9.42. The van der Waals surface area contributed by atoms with Crippen LogP contribution in [0.25, 0.3) is 0 Å². The molecule has 4 heteroatoms. The SMILES string of the molecule is Cc1nc(CN)c2c(n1)CCC2=O. The molecule has 0 saturated carbocycles. The van der Waals surface area contributed by atoms with Gasteiger partial charge in [-0.15, -0.1) is 0 Å². The van der Waals surface area contributed by atoms with Crippen molar-refractivity contribution in [2.45, 2.75) is 26.3 Å². The van der Waals surface area contributed by atoms with Gasteiger partial charge in [0, 0.05) is 13.0 Å². The van der Waals surface area contributed by atoms with E-state index in [4.69, 9.17) is 5.73 Å². The second kappa shape index (κ2) is 2.88. The van der Waals surface area contributed by atoms with Crippen molar-refractivity contribution in [3.63, 3.8) is 0 Å². The van der Waals surface area contributed by atoms with Crippen molar-refractivity contribution in [2.75, 3.05) is 0 Å². The van der Waals surface area contributed by atoms with Crippen LogP contribution in [0.1, 0.15) is 34.0 Å². The average Bonchev–Trinajstić information content (AvgIpc) is 2.46. The van der Waals surface area contributed by atoms with E-state index in [0.29, 0.717) is 30.0 Å². The fourth-order valence-electron chi connectivity index (χ4n) is 1.70. The number of rotatable bonds is 1. The number of Topliss-reactive ketones (excluding diaryl/α,β-unsaturated/α-hetero) is 1. The number of ketones is 1. The molecule has 0 spiro atoms. The lowest BCUT2D eigenvalue weighted by atomic mass is 10.1. The van der Waals surface area contributed by atoms with Crippen LogP contribution in [0.15, 0.2) is 0 Å². The third kappa shape index (κ3) is 1.23. The molecular formula is C9H11N3O. The number of hydrogen-bond acceptors (Lipinski definition) is 4. The van der Waals surface area contributed by atoms with Crippen molar-refractivity contribution >= 4 is 5.78 Å². The molecule has 2 rings (SSSR count). The maximum atomic E-state index is 11.4. The van der Waals surface area contributed by atoms with E-state index in [0.717, 1.165) is 12.1 Å². The molecule has 1 aromatic heterocycles. The molecule has 0 atom stereocenters. The first-order chi connectivity index (χ1) is 6.22. The number of nitrogens with two attached hydrogens (primary N) is 1. The maximum absolute atomic E-state index is 11.4. The van der Waals surface area contributed by atoms with Crippen molar-refractivity contribution in [2.24, 2.45) is 5.73 Å². The van der Waals surface area contributed by atoms with E-state index in [1.54, 1.807) is 0 Å². The Morgan fingerprint density at radius 1 is 1.38 bits per heavy atom. The number of carbonyl (C=O) groups excluding carboxylic acids is 1. The summed E-state index contributed by atoms with van der Waals surface area (Å²) in [4.78, 5) is 19.8. The first kappa shape index (κ1) is 8.31. The Morgan fingerprint density at radius 3 is 2.85 bits per heavy atom. The van der Waals surface area contributed by atoms with Crippen LogP contribution in [0.5, 0.6) is 0 Å². The maximum Gasteiger partial charge on any atom is 0.166 e. The number of fused-ring (bicyclic) bond motifs is 1. The molecule has 0 aliphatic heterocycles. The normalized spacial score (nSPS) is 14.8. The number of carbonyl (C=O) groups is 1. The van der Waals surface area contributed by atoms with Gasteiger partial charge in [-0.05, 0) is 13.3 Å². The highest BCUT2D eigenvalue weighted by Gasteiger charge is 2.24. The predicted octanol–water partition coefficient (Wildman–Crippen LogP) is 0.373. The number of nitrogens with zero attached hydrogens (tertiary/aromatic N) is 2. The summed E-state index contributed by atoms with van der Waals surface area (Å²) in [6.45, 7) is 2.14. The van der Waals surface area contributed by atoms with Crippen LogP contribution in [0.3, 0.4) is 0 Å². The van der Waals surface area contributed by atoms with Gasteiger partial charge in [-0.1, -0.05) is 0 Å². The van der Waals surface area contributed by atoms with Gasteiger partial charge in [0.25, 0.3) is 0 Å². The Kier molecular flexibility index (Phi) is 1.84. The second-order valence-corrected chi connectivity index (χ2v) is 3.17. The molecule has 0 fully saturated rings. The third-order valence-electron chi connectivity index (χ3n) is 2.23. The van der Waals surface area contributed by atoms with Gasteiger partial charge in [0.2, 0.25) is 0 Å². The van der Waals surface area contributed by atoms with Crippen molar-refractivity contribution in [3.05, 3.63) is 22.8 Å². The average molecular weight is 177 g/mol. The van der Waals surface area contributed by atoms with E-state index in [2.05, 4.69) is 9.97 Å². The summed E-state index contributed by atoms with van der Waals surface area (Å²) in [5.74, 6) is 0.837. The van der Waals surface area contributed by atoms with Crippen molar-refractivity contribution in [1.82, 2.24) is 9.97 Å². The molecule has 0 radical (unpaired) electrons. The third-order valence-corrected chi connectivity index (χ3v) is 2.23. The quantitative estimate of drug-likeness (QED) is 0.673. The fraction of sp³-hybridized carbons (Fsp3) is 0.444. The fourth-order valence-corrected chi connectivity index (χ4v) is 1.70. The first-order valence-electron chi connectivity index (χ1n) is 4.32. The molecule has 2 N–H and O–H groups in total. The number of aromatic nitrogens is 2. The standard InChI is InChI=1S/C9H11N3O/c1-5-11-6-2-3-8(13)9(6)7(4-10)12-5/h2-4,10H2,1H3. The van der Waals surface area contributed by atoms with Crippen LogP contribution in [0.4, 0.5) is 0 Å². The topological polar surface area (TPSA) is 68.9 Å². The highest BCUT2D eigenvalue weighted by atomic mass is 16.1. The Balaban J connectivity index is 2.64. The minimum Gasteiger partial charge on any atom is -0.325 e. The predicted molar refractivity (Wildman–Crippen MR) is 47.3 cm³/mol. The molecule has 1 aromatic rings. The molecule has 13 heavy (non-hydrogen) atoms. The van der Waals surface area contributed by atoms with Crippen LogP contribution in [0, 0.1) is 6.92 Å². The summed E-state index contributed by atoms with van der Waals surface area (Å²) >= 11 is 0. The molecule has 4 nitrogen and oxygen atoms in total. The van der Waals surface area contributed by atoms with Gasteiger partial charge in [0.15, 0.2) is 5.78 Å². The molecule has 0 saturated heterocycles. The molecular weight excluding hydrogens is 166 g/mol. The zero-order valence-corrected chi connectivity index (χ0v) is 7.50. The lowest BCUT2D eigenvalue weighted by Crippen LogP contribution is -2.10. The summed E-state index contributed by atoms with van der Waals surface area (Å²) in [6.07, 6.45) is 1.30. The Bertz CT molecular complexity index is 373. The smallest absolute Gasteiger partial charge is 0.166 e. The number of hydrogen-bond donors (Lipinski definition) is 1. The summed E-state index contributed by atoms with van der Waals surface area (Å²) in [5, 5.41) is 0. The van der Waals surface area contributed by atoms with Gasteiger partial charge in [-0.3, -0.25) is 4.79 Å². The zero-order valence-electron chi connectivity index (χ0n) is 7.50. The van der Waals surface area contributed by atoms with E-state index < -0.39 is 0 Å². The Hall–Kier alpha value is -1.29. The van der Waals surface area contributed by atoms with Crippen molar-refractivity contribution in [3.8, 4) is 0 Å². The van der Waals surface area contributed by atoms with E-state index >= 15 is 0 Å². The van der Waals surface area contributed by atoms with Crippen LogP contribution in [0.2, 0.25) is 0 Å². The Morgan fingerprint density at radius 2 is 2.15 bits per heavy atom.